The van der Waals surface area contributed by atoms with E-state index in [1.165, 1.54) is 4.68 Å². The van der Waals surface area contributed by atoms with Crippen LogP contribution in [0.1, 0.15) is 0 Å². The molecule has 0 spiro atoms. The zero-order valence-corrected chi connectivity index (χ0v) is 9.56. The Labute approximate surface area is 103 Å². The van der Waals surface area contributed by atoms with E-state index in [9.17, 15) is 4.79 Å². The first-order valence-corrected chi connectivity index (χ1v) is 5.39. The molecule has 0 fully saturated rings. The number of carbonyl (C=O) groups is 1. The van der Waals surface area contributed by atoms with Gasteiger partial charge in [-0.1, -0.05) is 30.3 Å². The van der Waals surface area contributed by atoms with Crippen molar-refractivity contribution < 1.29 is 14.6 Å². The molecule has 7 heteroatoms. The zero-order chi connectivity index (χ0) is 12.8. The first-order chi connectivity index (χ1) is 8.81. The lowest BCUT2D eigenvalue weighted by Gasteiger charge is -2.04. The maximum Gasteiger partial charge on any atom is 0.328 e. The van der Waals surface area contributed by atoms with E-state index >= 15 is 0 Å². The maximum atomic E-state index is 11.4. The van der Waals surface area contributed by atoms with Crippen LogP contribution in [-0.4, -0.2) is 44.5 Å². The molecule has 0 amide bonds. The molecule has 2 rings (SSSR count). The van der Waals surface area contributed by atoms with Crippen molar-refractivity contribution >= 4 is 5.97 Å². The van der Waals surface area contributed by atoms with Gasteiger partial charge in [0.25, 0.3) is 0 Å². The molecule has 0 saturated heterocycles. The van der Waals surface area contributed by atoms with Crippen LogP contribution in [0.4, 0.5) is 0 Å². The average molecular weight is 248 g/mol. The first kappa shape index (κ1) is 12.2. The summed E-state index contributed by atoms with van der Waals surface area (Å²) in [6, 6.07) is 9.30. The summed E-state index contributed by atoms with van der Waals surface area (Å²) < 4.78 is 6.11. The SMILES string of the molecule is O=C(Cn1nnnc1-c1ccccc1)OCCO. The smallest absolute Gasteiger partial charge is 0.328 e. The maximum absolute atomic E-state index is 11.4. The Morgan fingerprint density at radius 2 is 2.11 bits per heavy atom. The molecule has 1 N–H and O–H groups in total. The molecule has 18 heavy (non-hydrogen) atoms. The number of carbonyl (C=O) groups excluding carboxylic acids is 1. The minimum atomic E-state index is -0.492. The van der Waals surface area contributed by atoms with Crippen LogP contribution < -0.4 is 0 Å². The summed E-state index contributed by atoms with van der Waals surface area (Å²) in [5.41, 5.74) is 0.817. The Hall–Kier alpha value is -2.28. The van der Waals surface area contributed by atoms with Crippen LogP contribution in [0, 0.1) is 0 Å². The average Bonchev–Trinajstić information content (AvgIpc) is 2.85. The third-order valence-corrected chi connectivity index (χ3v) is 2.20. The van der Waals surface area contributed by atoms with Gasteiger partial charge in [0.1, 0.15) is 13.2 Å². The quantitative estimate of drug-likeness (QED) is 0.742. The van der Waals surface area contributed by atoms with Gasteiger partial charge in [-0.3, -0.25) is 4.79 Å². The molecule has 0 bridgehead atoms. The van der Waals surface area contributed by atoms with Crippen LogP contribution >= 0.6 is 0 Å². The second-order valence-electron chi connectivity index (χ2n) is 3.47. The van der Waals surface area contributed by atoms with Gasteiger partial charge < -0.3 is 9.84 Å². The number of aliphatic hydroxyl groups excluding tert-OH is 1. The van der Waals surface area contributed by atoms with Crippen molar-refractivity contribution in [1.82, 2.24) is 20.2 Å². The Morgan fingerprint density at radius 1 is 1.33 bits per heavy atom. The largest absolute Gasteiger partial charge is 0.462 e. The van der Waals surface area contributed by atoms with Crippen LogP contribution in [0.5, 0.6) is 0 Å². The predicted molar refractivity (Wildman–Crippen MR) is 61.3 cm³/mol. The van der Waals surface area contributed by atoms with Crippen LogP contribution in [-0.2, 0) is 16.1 Å². The highest BCUT2D eigenvalue weighted by atomic mass is 16.5. The second-order valence-corrected chi connectivity index (χ2v) is 3.47. The monoisotopic (exact) mass is 248 g/mol. The fraction of sp³-hybridized carbons (Fsp3) is 0.273. The van der Waals surface area contributed by atoms with Gasteiger partial charge in [-0.2, -0.15) is 0 Å². The summed E-state index contributed by atoms with van der Waals surface area (Å²) >= 11 is 0. The van der Waals surface area contributed by atoms with E-state index in [-0.39, 0.29) is 19.8 Å². The Balaban J connectivity index is 2.11. The molecule has 0 radical (unpaired) electrons. The number of hydrogen-bond acceptors (Lipinski definition) is 6. The molecule has 0 aliphatic rings. The van der Waals surface area contributed by atoms with Crippen LogP contribution in [0.3, 0.4) is 0 Å². The first-order valence-electron chi connectivity index (χ1n) is 5.39. The number of tetrazole rings is 1. The van der Waals surface area contributed by atoms with E-state index in [4.69, 9.17) is 9.84 Å². The fourth-order valence-electron chi connectivity index (χ4n) is 1.43. The summed E-state index contributed by atoms with van der Waals surface area (Å²) in [5.74, 6) is 0.00470. The van der Waals surface area contributed by atoms with Gasteiger partial charge in [-0.15, -0.1) is 5.10 Å². The molecule has 94 valence electrons. The molecule has 0 aliphatic heterocycles. The number of benzene rings is 1. The van der Waals surface area contributed by atoms with Crippen molar-refractivity contribution in [2.75, 3.05) is 13.2 Å². The predicted octanol–water partition coefficient (Wildman–Crippen LogP) is -0.124. The van der Waals surface area contributed by atoms with E-state index in [2.05, 4.69) is 15.5 Å². The van der Waals surface area contributed by atoms with Gasteiger partial charge in [0.15, 0.2) is 5.82 Å². The summed E-state index contributed by atoms with van der Waals surface area (Å²) in [4.78, 5) is 11.4. The molecule has 0 unspecified atom stereocenters. The molecule has 0 saturated carbocycles. The number of rotatable bonds is 5. The highest BCUT2D eigenvalue weighted by Crippen LogP contribution is 2.14. The normalized spacial score (nSPS) is 10.3. The summed E-state index contributed by atoms with van der Waals surface area (Å²) in [5, 5.41) is 19.7. The molecule has 1 heterocycles. The lowest BCUT2D eigenvalue weighted by Crippen LogP contribution is -2.17. The van der Waals surface area contributed by atoms with Gasteiger partial charge in [0.05, 0.1) is 6.61 Å². The summed E-state index contributed by atoms with van der Waals surface area (Å²) in [6.45, 7) is -0.314. The molecule has 0 aliphatic carbocycles. The Morgan fingerprint density at radius 3 is 2.83 bits per heavy atom. The molecule has 7 nitrogen and oxygen atoms in total. The molecule has 1 aromatic carbocycles. The van der Waals surface area contributed by atoms with Crippen LogP contribution in [0.15, 0.2) is 30.3 Å². The lowest BCUT2D eigenvalue weighted by atomic mass is 10.2. The minimum Gasteiger partial charge on any atom is -0.462 e. The van der Waals surface area contributed by atoms with Gasteiger partial charge in [0.2, 0.25) is 0 Å². The zero-order valence-electron chi connectivity index (χ0n) is 9.56. The molecular formula is C11H12N4O3. The van der Waals surface area contributed by atoms with Crippen molar-refractivity contribution in [3.63, 3.8) is 0 Å². The summed E-state index contributed by atoms with van der Waals surface area (Å²) in [7, 11) is 0. The van der Waals surface area contributed by atoms with E-state index < -0.39 is 5.97 Å². The van der Waals surface area contributed by atoms with E-state index in [1.807, 2.05) is 30.3 Å². The van der Waals surface area contributed by atoms with E-state index in [0.717, 1.165) is 5.56 Å². The number of aromatic nitrogens is 4. The lowest BCUT2D eigenvalue weighted by molar-refractivity contribution is -0.145. The van der Waals surface area contributed by atoms with Gasteiger partial charge in [-0.25, -0.2) is 4.68 Å². The third kappa shape index (κ3) is 2.89. The minimum absolute atomic E-state index is 0.0262. The van der Waals surface area contributed by atoms with Crippen molar-refractivity contribution in [2.45, 2.75) is 6.54 Å². The summed E-state index contributed by atoms with van der Waals surface area (Å²) in [6.07, 6.45) is 0. The Bertz CT molecular complexity index is 512. The third-order valence-electron chi connectivity index (χ3n) is 2.20. The topological polar surface area (TPSA) is 90.1 Å². The van der Waals surface area contributed by atoms with E-state index in [1.54, 1.807) is 0 Å². The number of nitrogens with zero attached hydrogens (tertiary/aromatic N) is 4. The van der Waals surface area contributed by atoms with E-state index in [0.29, 0.717) is 5.82 Å². The molecular weight excluding hydrogens is 236 g/mol. The Kier molecular flexibility index (Phi) is 3.98. The fourth-order valence-corrected chi connectivity index (χ4v) is 1.43. The molecule has 1 aromatic heterocycles. The van der Waals surface area contributed by atoms with Gasteiger partial charge >= 0.3 is 5.97 Å². The number of esters is 1. The van der Waals surface area contributed by atoms with Gasteiger partial charge in [0, 0.05) is 5.56 Å². The highest BCUT2D eigenvalue weighted by molar-refractivity contribution is 5.70. The van der Waals surface area contributed by atoms with Crippen molar-refractivity contribution in [3.05, 3.63) is 30.3 Å². The second kappa shape index (κ2) is 5.87. The number of aliphatic hydroxyl groups is 1. The standard InChI is InChI=1S/C11H12N4O3/c16-6-7-18-10(17)8-15-11(12-13-14-15)9-4-2-1-3-5-9/h1-5,16H,6-8H2. The highest BCUT2D eigenvalue weighted by Gasteiger charge is 2.12. The molecule has 0 atom stereocenters. The van der Waals surface area contributed by atoms with Crippen molar-refractivity contribution in [1.29, 1.82) is 0 Å². The van der Waals surface area contributed by atoms with Crippen molar-refractivity contribution in [2.24, 2.45) is 0 Å². The van der Waals surface area contributed by atoms with Crippen LogP contribution in [0.25, 0.3) is 11.4 Å². The number of ether oxygens (including phenoxy) is 1. The van der Waals surface area contributed by atoms with Crippen LogP contribution in [0.2, 0.25) is 0 Å². The molecule has 2 aromatic rings. The number of hydrogen-bond donors (Lipinski definition) is 1. The van der Waals surface area contributed by atoms with Crippen molar-refractivity contribution in [3.8, 4) is 11.4 Å². The van der Waals surface area contributed by atoms with Gasteiger partial charge in [-0.05, 0) is 10.4 Å².